The van der Waals surface area contributed by atoms with Gasteiger partial charge in [-0.3, -0.25) is 24.3 Å². The van der Waals surface area contributed by atoms with Crippen LogP contribution in [0.1, 0.15) is 49.1 Å². The molecule has 4 atom stereocenters. The van der Waals surface area contributed by atoms with Gasteiger partial charge in [0.1, 0.15) is 5.82 Å². The maximum atomic E-state index is 14.1. The second-order valence-electron chi connectivity index (χ2n) is 11.0. The number of hydrogen-bond donors (Lipinski definition) is 2. The summed E-state index contributed by atoms with van der Waals surface area (Å²) in [4.78, 5) is 46.1. The number of hydrogen-bond acceptors (Lipinski definition) is 7. The molecule has 0 bridgehead atoms. The summed E-state index contributed by atoms with van der Waals surface area (Å²) < 4.78 is 4.18. The Morgan fingerprint density at radius 2 is 1.88 bits per heavy atom. The lowest BCUT2D eigenvalue weighted by Gasteiger charge is -2.32. The highest BCUT2D eigenvalue weighted by atomic mass is 35.5. The highest BCUT2D eigenvalue weighted by Gasteiger charge is 2.45. The number of fused-ring (bicyclic) bond motifs is 1. The molecule has 2 aliphatic rings. The van der Waals surface area contributed by atoms with Crippen molar-refractivity contribution in [1.29, 1.82) is 0 Å². The smallest absolute Gasteiger partial charge is 0.323 e. The molecule has 0 spiro atoms. The number of rotatable bonds is 11. The molecule has 1 aromatic heterocycles. The number of H-pyrrole nitrogens is 1. The largest absolute Gasteiger partial charge is 0.331 e. The maximum absolute atomic E-state index is 14.1. The van der Waals surface area contributed by atoms with Crippen molar-refractivity contribution in [3.63, 3.8) is 0 Å². The summed E-state index contributed by atoms with van der Waals surface area (Å²) in [6, 6.07) is 14.9. The average Bonchev–Trinajstić information content (AvgIpc) is 3.54. The van der Waals surface area contributed by atoms with Gasteiger partial charge in [-0.15, -0.1) is 0 Å². The molecule has 0 saturated carbocycles. The fourth-order valence-electron chi connectivity index (χ4n) is 6.16. The number of Topliss-reactive ketones (excluding diaryl/α,β-unsaturated/α-hetero) is 1. The Bertz CT molecular complexity index is 1410. The molecule has 2 aromatic carbocycles. The van der Waals surface area contributed by atoms with Crippen LogP contribution in [0.3, 0.4) is 0 Å². The van der Waals surface area contributed by atoms with E-state index in [1.54, 1.807) is 17.0 Å². The van der Waals surface area contributed by atoms with Crippen LogP contribution in [0.25, 0.3) is 0 Å². The first-order valence-electron chi connectivity index (χ1n) is 14.2. The zero-order chi connectivity index (χ0) is 28.9. The van der Waals surface area contributed by atoms with E-state index in [9.17, 15) is 14.4 Å². The van der Waals surface area contributed by atoms with Gasteiger partial charge in [0.25, 0.3) is 0 Å². The number of ketones is 1. The monoisotopic (exact) mass is 615 g/mol. The van der Waals surface area contributed by atoms with Crippen molar-refractivity contribution in [3.8, 4) is 0 Å². The number of aromatic amines is 1. The minimum absolute atomic E-state index is 0.0152. The van der Waals surface area contributed by atoms with Crippen molar-refractivity contribution in [2.24, 2.45) is 5.73 Å². The van der Waals surface area contributed by atoms with Crippen molar-refractivity contribution in [2.45, 2.75) is 75.5 Å². The Kier molecular flexibility index (Phi) is 9.93. The fraction of sp³-hybridized carbons (Fsp3) is 0.467. The van der Waals surface area contributed by atoms with E-state index in [1.165, 1.54) is 5.56 Å². The Labute approximate surface area is 254 Å². The molecule has 1 amide bonds. The van der Waals surface area contributed by atoms with Crippen LogP contribution < -0.4 is 10.6 Å². The van der Waals surface area contributed by atoms with E-state index < -0.39 is 6.04 Å². The number of nitrogens with zero attached hydrogens (tertiary/aromatic N) is 3. The molecule has 218 valence electrons. The van der Waals surface area contributed by atoms with Gasteiger partial charge in [0, 0.05) is 49.5 Å². The van der Waals surface area contributed by atoms with Gasteiger partial charge in [-0.2, -0.15) is 4.37 Å². The van der Waals surface area contributed by atoms with Crippen LogP contribution in [0.4, 0.5) is 0 Å². The van der Waals surface area contributed by atoms with Crippen LogP contribution in [0.15, 0.2) is 53.3 Å². The number of benzene rings is 2. The van der Waals surface area contributed by atoms with Crippen LogP contribution in [-0.4, -0.2) is 68.1 Å². The summed E-state index contributed by atoms with van der Waals surface area (Å²) in [6.07, 6.45) is 4.72. The number of amides is 1. The van der Waals surface area contributed by atoms with E-state index in [1.807, 2.05) is 24.3 Å². The Morgan fingerprint density at radius 3 is 2.61 bits per heavy atom. The number of carbonyl (C=O) groups is 2. The third-order valence-corrected chi connectivity index (χ3v) is 9.57. The first kappa shape index (κ1) is 29.9. The third-order valence-electron chi connectivity index (χ3n) is 8.25. The van der Waals surface area contributed by atoms with E-state index in [4.69, 9.17) is 28.9 Å². The molecule has 41 heavy (non-hydrogen) atoms. The second kappa shape index (κ2) is 13.6. The number of halogens is 2. The van der Waals surface area contributed by atoms with E-state index in [0.29, 0.717) is 54.6 Å². The van der Waals surface area contributed by atoms with Gasteiger partial charge in [-0.05, 0) is 61.8 Å². The molecule has 8 nitrogen and oxygen atoms in total. The average molecular weight is 617 g/mol. The molecule has 3 heterocycles. The zero-order valence-electron chi connectivity index (χ0n) is 22.8. The lowest BCUT2D eigenvalue weighted by Crippen LogP contribution is -2.50. The van der Waals surface area contributed by atoms with Crippen LogP contribution in [0.2, 0.25) is 10.0 Å². The first-order valence-corrected chi connectivity index (χ1v) is 15.7. The topological polar surface area (TPSA) is 112 Å². The Morgan fingerprint density at radius 1 is 1.07 bits per heavy atom. The third kappa shape index (κ3) is 7.45. The summed E-state index contributed by atoms with van der Waals surface area (Å²) in [7, 11) is 0. The molecule has 2 fully saturated rings. The van der Waals surface area contributed by atoms with Gasteiger partial charge in [-0.25, -0.2) is 0 Å². The molecule has 2 saturated heterocycles. The summed E-state index contributed by atoms with van der Waals surface area (Å²) in [5.41, 5.74) is 8.57. The fourth-order valence-corrected chi connectivity index (χ4v) is 6.97. The molecular formula is C30H35Cl2N5O3S. The van der Waals surface area contributed by atoms with Crippen molar-refractivity contribution in [2.75, 3.05) is 13.1 Å². The van der Waals surface area contributed by atoms with Crippen molar-refractivity contribution in [1.82, 2.24) is 19.2 Å². The SMILES string of the molecule is N[C@@H]1C[C@H]2C(=O)N([C@H](CCc3nsc(=O)[nH]3)C(=O)CCc3ccc(Cl)c(Cl)c3)CCC(CCc3ccccc3)N2C1. The molecule has 3 aromatic rings. The van der Waals surface area contributed by atoms with Gasteiger partial charge in [-0.1, -0.05) is 59.6 Å². The van der Waals surface area contributed by atoms with Gasteiger partial charge in [0.15, 0.2) is 5.78 Å². The molecule has 0 radical (unpaired) electrons. The second-order valence-corrected chi connectivity index (χ2v) is 12.6. The molecule has 1 unspecified atom stereocenters. The predicted molar refractivity (Wildman–Crippen MR) is 163 cm³/mol. The molecular weight excluding hydrogens is 581 g/mol. The number of nitrogens with one attached hydrogen (secondary N) is 1. The number of aryl methyl sites for hydroxylation is 3. The van der Waals surface area contributed by atoms with Crippen molar-refractivity contribution >= 4 is 46.4 Å². The molecule has 5 rings (SSSR count). The Balaban J connectivity index is 1.35. The molecule has 2 aliphatic heterocycles. The van der Waals surface area contributed by atoms with E-state index in [0.717, 1.165) is 36.4 Å². The van der Waals surface area contributed by atoms with Crippen LogP contribution >= 0.6 is 34.7 Å². The maximum Gasteiger partial charge on any atom is 0.323 e. The Hall–Kier alpha value is -2.56. The quantitative estimate of drug-likeness (QED) is 0.333. The van der Waals surface area contributed by atoms with Gasteiger partial charge in [0.2, 0.25) is 5.91 Å². The van der Waals surface area contributed by atoms with Crippen molar-refractivity contribution < 1.29 is 9.59 Å². The summed E-state index contributed by atoms with van der Waals surface area (Å²) in [5.74, 6) is 0.494. The van der Waals surface area contributed by atoms with E-state index in [-0.39, 0.29) is 41.1 Å². The highest BCUT2D eigenvalue weighted by Crippen LogP contribution is 2.31. The van der Waals surface area contributed by atoms with Gasteiger partial charge in [0.05, 0.1) is 22.1 Å². The first-order chi connectivity index (χ1) is 19.8. The lowest BCUT2D eigenvalue weighted by atomic mass is 9.97. The molecule has 3 N–H and O–H groups in total. The summed E-state index contributed by atoms with van der Waals surface area (Å²) in [6.45, 7) is 1.18. The molecule has 11 heteroatoms. The van der Waals surface area contributed by atoms with Gasteiger partial charge < -0.3 is 10.6 Å². The highest BCUT2D eigenvalue weighted by molar-refractivity contribution is 7.02. The zero-order valence-corrected chi connectivity index (χ0v) is 25.1. The lowest BCUT2D eigenvalue weighted by molar-refractivity contribution is -0.142. The number of carbonyl (C=O) groups excluding carboxylic acids is 2. The van der Waals surface area contributed by atoms with Crippen LogP contribution in [-0.2, 0) is 28.9 Å². The number of nitrogens with two attached hydrogens (primary N) is 1. The van der Waals surface area contributed by atoms with Crippen molar-refractivity contribution in [3.05, 3.63) is 85.2 Å². The normalized spacial score (nSPS) is 22.0. The summed E-state index contributed by atoms with van der Waals surface area (Å²) in [5, 5.41) is 0.913. The minimum atomic E-state index is -0.623. The number of aromatic nitrogens is 2. The molecule has 0 aliphatic carbocycles. The van der Waals surface area contributed by atoms with E-state index >= 15 is 0 Å². The summed E-state index contributed by atoms with van der Waals surface area (Å²) >= 11 is 13.1. The van der Waals surface area contributed by atoms with Crippen LogP contribution in [0.5, 0.6) is 0 Å². The standard InChI is InChI=1S/C30H35Cl2N5O3S/c31-23-10-7-20(16-24(23)32)8-12-27(38)25(11-13-28-34-30(40)41-35-28)36-15-14-22(9-6-19-4-2-1-3-5-19)37-18-21(33)17-26(37)29(36)39/h1-5,7,10,16,21-22,25-26H,6,8-9,11-15,17-18,33H2,(H,34,35,40)/t21-,22?,25-,26+/m1/s1. The van der Waals surface area contributed by atoms with E-state index in [2.05, 4.69) is 26.4 Å². The predicted octanol–water partition coefficient (Wildman–Crippen LogP) is 4.28. The van der Waals surface area contributed by atoms with Gasteiger partial charge >= 0.3 is 4.87 Å². The minimum Gasteiger partial charge on any atom is -0.331 e. The van der Waals surface area contributed by atoms with Crippen LogP contribution in [0, 0.1) is 0 Å².